The molecule has 0 saturated carbocycles. The predicted molar refractivity (Wildman–Crippen MR) is 96.8 cm³/mol. The second-order valence-corrected chi connectivity index (χ2v) is 7.06. The summed E-state index contributed by atoms with van der Waals surface area (Å²) in [7, 11) is 0. The molecule has 1 aliphatic heterocycles. The highest BCUT2D eigenvalue weighted by Crippen LogP contribution is 2.27. The van der Waals surface area contributed by atoms with Crippen molar-refractivity contribution in [2.75, 3.05) is 26.3 Å². The second kappa shape index (κ2) is 6.42. The lowest BCUT2D eigenvalue weighted by atomic mass is 10.1. The van der Waals surface area contributed by atoms with Crippen LogP contribution in [0.25, 0.3) is 10.2 Å². The number of thiophene rings is 1. The van der Waals surface area contributed by atoms with Gasteiger partial charge >= 0.3 is 0 Å². The van der Waals surface area contributed by atoms with Crippen molar-refractivity contribution in [3.05, 3.63) is 58.6 Å². The number of benzene rings is 1. The van der Waals surface area contributed by atoms with Gasteiger partial charge in [0.2, 0.25) is 0 Å². The Labute approximate surface area is 145 Å². The van der Waals surface area contributed by atoms with E-state index in [4.69, 9.17) is 4.74 Å². The Kier molecular flexibility index (Phi) is 4.12. The molecule has 1 amide bonds. The third-order valence-corrected chi connectivity index (χ3v) is 5.48. The van der Waals surface area contributed by atoms with Gasteiger partial charge in [0.1, 0.15) is 5.69 Å². The van der Waals surface area contributed by atoms with Gasteiger partial charge in [0.05, 0.1) is 23.4 Å². The lowest BCUT2D eigenvalue weighted by Gasteiger charge is -2.27. The number of hydrogen-bond donors (Lipinski definition) is 0. The maximum atomic E-state index is 13.0. The molecular weight excluding hydrogens is 320 g/mol. The maximum absolute atomic E-state index is 13.0. The summed E-state index contributed by atoms with van der Waals surface area (Å²) in [5.74, 6) is 0.107. The van der Waals surface area contributed by atoms with Crippen molar-refractivity contribution in [1.29, 1.82) is 0 Å². The molecule has 0 atom stereocenters. The van der Waals surface area contributed by atoms with E-state index in [1.165, 1.54) is 15.8 Å². The molecule has 5 heteroatoms. The Morgan fingerprint density at radius 1 is 1.21 bits per heavy atom. The van der Waals surface area contributed by atoms with Gasteiger partial charge in [-0.3, -0.25) is 4.79 Å². The zero-order valence-corrected chi connectivity index (χ0v) is 14.5. The van der Waals surface area contributed by atoms with Gasteiger partial charge in [0.15, 0.2) is 0 Å². The molecule has 1 aromatic carbocycles. The molecule has 4 nitrogen and oxygen atoms in total. The molecule has 1 fully saturated rings. The van der Waals surface area contributed by atoms with Crippen molar-refractivity contribution < 1.29 is 9.53 Å². The molecule has 0 N–H and O–H groups in total. The first kappa shape index (κ1) is 15.4. The first-order valence-electron chi connectivity index (χ1n) is 8.22. The fourth-order valence-electron chi connectivity index (χ4n) is 3.21. The van der Waals surface area contributed by atoms with Crippen LogP contribution in [0.5, 0.6) is 0 Å². The topological polar surface area (TPSA) is 34.5 Å². The third kappa shape index (κ3) is 2.74. The van der Waals surface area contributed by atoms with Crippen LogP contribution in [0.4, 0.5) is 0 Å². The number of ether oxygens (including phenoxy) is 1. The molecule has 0 unspecified atom stereocenters. The summed E-state index contributed by atoms with van der Waals surface area (Å²) < 4.78 is 8.70. The average Bonchev–Trinajstić information content (AvgIpc) is 3.19. The minimum atomic E-state index is 0.107. The van der Waals surface area contributed by atoms with E-state index in [1.54, 1.807) is 11.3 Å². The van der Waals surface area contributed by atoms with Crippen molar-refractivity contribution in [2.24, 2.45) is 0 Å². The van der Waals surface area contributed by atoms with E-state index >= 15 is 0 Å². The molecule has 4 rings (SSSR count). The van der Waals surface area contributed by atoms with Crippen LogP contribution in [-0.4, -0.2) is 41.7 Å². The highest BCUT2D eigenvalue weighted by atomic mass is 32.1. The number of aromatic nitrogens is 1. The minimum absolute atomic E-state index is 0.107. The number of rotatable bonds is 3. The Morgan fingerprint density at radius 2 is 2.00 bits per heavy atom. The summed E-state index contributed by atoms with van der Waals surface area (Å²) >= 11 is 1.68. The minimum Gasteiger partial charge on any atom is -0.378 e. The lowest BCUT2D eigenvalue weighted by Crippen LogP contribution is -2.41. The molecule has 2 aromatic heterocycles. The van der Waals surface area contributed by atoms with Gasteiger partial charge in [0.25, 0.3) is 5.91 Å². The van der Waals surface area contributed by atoms with Gasteiger partial charge in [-0.2, -0.15) is 0 Å². The van der Waals surface area contributed by atoms with E-state index in [-0.39, 0.29) is 5.91 Å². The van der Waals surface area contributed by atoms with Gasteiger partial charge in [0, 0.05) is 19.6 Å². The molecule has 0 bridgehead atoms. The standard InChI is InChI=1S/C19H20N2O2S/c1-14-4-2-3-5-15(14)13-21-16-6-11-24-18(16)12-17(21)19(22)20-7-9-23-10-8-20/h2-6,11-12H,7-10,13H2,1H3. The summed E-state index contributed by atoms with van der Waals surface area (Å²) in [6, 6.07) is 12.5. The third-order valence-electron chi connectivity index (χ3n) is 4.63. The van der Waals surface area contributed by atoms with Gasteiger partial charge in [-0.1, -0.05) is 24.3 Å². The number of aryl methyl sites for hydroxylation is 1. The van der Waals surface area contributed by atoms with Crippen LogP contribution in [0.1, 0.15) is 21.6 Å². The Balaban J connectivity index is 1.74. The SMILES string of the molecule is Cc1ccccc1Cn1c(C(=O)N2CCOCC2)cc2sccc21. The Morgan fingerprint density at radius 3 is 2.79 bits per heavy atom. The number of amides is 1. The van der Waals surface area contributed by atoms with Crippen molar-refractivity contribution in [3.8, 4) is 0 Å². The van der Waals surface area contributed by atoms with Crippen molar-refractivity contribution in [1.82, 2.24) is 9.47 Å². The van der Waals surface area contributed by atoms with E-state index in [9.17, 15) is 4.79 Å². The molecule has 1 aliphatic rings. The van der Waals surface area contributed by atoms with E-state index in [2.05, 4.69) is 47.2 Å². The average molecular weight is 340 g/mol. The molecule has 1 saturated heterocycles. The van der Waals surface area contributed by atoms with Crippen molar-refractivity contribution >= 4 is 27.5 Å². The monoisotopic (exact) mass is 340 g/mol. The summed E-state index contributed by atoms with van der Waals surface area (Å²) in [6.07, 6.45) is 0. The molecule has 0 radical (unpaired) electrons. The highest BCUT2D eigenvalue weighted by Gasteiger charge is 2.23. The number of carbonyl (C=O) groups excluding carboxylic acids is 1. The smallest absolute Gasteiger partial charge is 0.270 e. The fraction of sp³-hybridized carbons (Fsp3) is 0.316. The largest absolute Gasteiger partial charge is 0.378 e. The van der Waals surface area contributed by atoms with Gasteiger partial charge < -0.3 is 14.2 Å². The Hall–Kier alpha value is -2.11. The fourth-order valence-corrected chi connectivity index (χ4v) is 4.03. The normalized spacial score (nSPS) is 15.1. The summed E-state index contributed by atoms with van der Waals surface area (Å²) in [5, 5.41) is 2.09. The molecule has 0 spiro atoms. The summed E-state index contributed by atoms with van der Waals surface area (Å²) in [6.45, 7) is 5.42. The molecule has 24 heavy (non-hydrogen) atoms. The number of nitrogens with zero attached hydrogens (tertiary/aromatic N) is 2. The predicted octanol–water partition coefficient (Wildman–Crippen LogP) is 3.53. The first-order chi connectivity index (χ1) is 11.7. The van der Waals surface area contributed by atoms with Gasteiger partial charge in [-0.15, -0.1) is 11.3 Å². The molecule has 0 aliphatic carbocycles. The molecule has 3 aromatic rings. The summed E-state index contributed by atoms with van der Waals surface area (Å²) in [5.41, 5.74) is 4.42. The van der Waals surface area contributed by atoms with E-state index in [0.29, 0.717) is 26.3 Å². The molecular formula is C19H20N2O2S. The van der Waals surface area contributed by atoms with Crippen LogP contribution in [0, 0.1) is 6.92 Å². The van der Waals surface area contributed by atoms with Crippen LogP contribution in [0.3, 0.4) is 0 Å². The summed E-state index contributed by atoms with van der Waals surface area (Å²) in [4.78, 5) is 14.9. The quantitative estimate of drug-likeness (QED) is 0.731. The van der Waals surface area contributed by atoms with E-state index < -0.39 is 0 Å². The Bertz CT molecular complexity index is 875. The molecule has 124 valence electrons. The first-order valence-corrected chi connectivity index (χ1v) is 9.10. The van der Waals surface area contributed by atoms with Gasteiger partial charge in [-0.25, -0.2) is 0 Å². The maximum Gasteiger partial charge on any atom is 0.270 e. The van der Waals surface area contributed by atoms with Crippen LogP contribution in [0.15, 0.2) is 41.8 Å². The van der Waals surface area contributed by atoms with E-state index in [0.717, 1.165) is 17.8 Å². The molecule has 3 heterocycles. The van der Waals surface area contributed by atoms with Crippen LogP contribution in [-0.2, 0) is 11.3 Å². The van der Waals surface area contributed by atoms with Gasteiger partial charge in [-0.05, 0) is 35.6 Å². The zero-order chi connectivity index (χ0) is 16.5. The zero-order valence-electron chi connectivity index (χ0n) is 13.7. The van der Waals surface area contributed by atoms with Crippen molar-refractivity contribution in [2.45, 2.75) is 13.5 Å². The van der Waals surface area contributed by atoms with Crippen LogP contribution in [0.2, 0.25) is 0 Å². The highest BCUT2D eigenvalue weighted by molar-refractivity contribution is 7.17. The number of morpholine rings is 1. The van der Waals surface area contributed by atoms with Crippen LogP contribution >= 0.6 is 11.3 Å². The van der Waals surface area contributed by atoms with Crippen molar-refractivity contribution in [3.63, 3.8) is 0 Å². The number of fused-ring (bicyclic) bond motifs is 1. The number of carbonyl (C=O) groups is 1. The lowest BCUT2D eigenvalue weighted by molar-refractivity contribution is 0.0296. The number of hydrogen-bond acceptors (Lipinski definition) is 3. The second-order valence-electron chi connectivity index (χ2n) is 6.12. The van der Waals surface area contributed by atoms with E-state index in [1.807, 2.05) is 11.0 Å². The van der Waals surface area contributed by atoms with Crippen LogP contribution < -0.4 is 0 Å².